The van der Waals surface area contributed by atoms with Crippen molar-refractivity contribution in [2.24, 2.45) is 0 Å². The van der Waals surface area contributed by atoms with Crippen LogP contribution in [0.1, 0.15) is 18.1 Å². The highest BCUT2D eigenvalue weighted by atomic mass is 32.1. The Balaban J connectivity index is 3.17. The van der Waals surface area contributed by atoms with Gasteiger partial charge in [-0.2, -0.15) is 0 Å². The minimum atomic E-state index is 0.845. The minimum absolute atomic E-state index is 0.845. The molecule has 0 aliphatic heterocycles. The molecule has 0 spiro atoms. The van der Waals surface area contributed by atoms with Gasteiger partial charge in [-0.25, -0.2) is 0 Å². The molecular formula is C8H11NS. The smallest absolute Gasteiger partial charge is 0.106 e. The van der Waals surface area contributed by atoms with Crippen molar-refractivity contribution in [3.63, 3.8) is 0 Å². The van der Waals surface area contributed by atoms with Gasteiger partial charge in [0.1, 0.15) is 4.64 Å². The van der Waals surface area contributed by atoms with Crippen LogP contribution in [0.15, 0.2) is 12.3 Å². The van der Waals surface area contributed by atoms with Gasteiger partial charge in [0.05, 0.1) is 0 Å². The van der Waals surface area contributed by atoms with Gasteiger partial charge in [-0.15, -0.1) is 0 Å². The summed E-state index contributed by atoms with van der Waals surface area (Å²) in [4.78, 5) is 3.03. The highest BCUT2D eigenvalue weighted by Gasteiger charge is 1.89. The van der Waals surface area contributed by atoms with Gasteiger partial charge in [0.15, 0.2) is 0 Å². The molecule has 0 unspecified atom stereocenters. The van der Waals surface area contributed by atoms with Crippen LogP contribution >= 0.6 is 12.2 Å². The number of H-pyrrole nitrogens is 1. The summed E-state index contributed by atoms with van der Waals surface area (Å²) in [5.74, 6) is 0. The molecule has 10 heavy (non-hydrogen) atoms. The van der Waals surface area contributed by atoms with Crippen molar-refractivity contribution in [1.29, 1.82) is 0 Å². The van der Waals surface area contributed by atoms with E-state index in [-0.39, 0.29) is 0 Å². The second-order valence-electron chi connectivity index (χ2n) is 2.37. The Hall–Kier alpha value is -0.630. The summed E-state index contributed by atoms with van der Waals surface area (Å²) in [6.07, 6.45) is 3.03. The molecule has 2 heteroatoms. The van der Waals surface area contributed by atoms with E-state index in [2.05, 4.69) is 18.0 Å². The highest BCUT2D eigenvalue weighted by Crippen LogP contribution is 2.03. The fourth-order valence-electron chi connectivity index (χ4n) is 0.862. The van der Waals surface area contributed by atoms with E-state index in [1.54, 1.807) is 0 Å². The first-order valence-corrected chi connectivity index (χ1v) is 3.83. The van der Waals surface area contributed by atoms with Crippen molar-refractivity contribution >= 4 is 12.2 Å². The average molecular weight is 153 g/mol. The van der Waals surface area contributed by atoms with Gasteiger partial charge in [0.2, 0.25) is 0 Å². The topological polar surface area (TPSA) is 15.8 Å². The molecule has 0 bridgehead atoms. The first-order chi connectivity index (χ1) is 4.74. The lowest BCUT2D eigenvalue weighted by Gasteiger charge is -1.97. The molecule has 1 rings (SSSR count). The molecule has 0 fully saturated rings. The number of hydrogen-bond donors (Lipinski definition) is 1. The number of aromatic nitrogens is 1. The summed E-state index contributed by atoms with van der Waals surface area (Å²) in [7, 11) is 0. The Morgan fingerprint density at radius 1 is 1.60 bits per heavy atom. The lowest BCUT2D eigenvalue weighted by atomic mass is 10.2. The maximum absolute atomic E-state index is 5.01. The van der Waals surface area contributed by atoms with Gasteiger partial charge < -0.3 is 4.98 Å². The zero-order valence-electron chi connectivity index (χ0n) is 6.27. The van der Waals surface area contributed by atoms with E-state index in [4.69, 9.17) is 12.2 Å². The molecule has 0 aliphatic rings. The molecule has 1 aromatic heterocycles. The third kappa shape index (κ3) is 1.45. The van der Waals surface area contributed by atoms with Crippen LogP contribution in [0.5, 0.6) is 0 Å². The van der Waals surface area contributed by atoms with E-state index in [0.717, 1.165) is 16.6 Å². The number of aromatic amines is 1. The number of pyridine rings is 1. The SMILES string of the molecule is CCc1c[nH]c(=S)c(C)c1. The monoisotopic (exact) mass is 153 g/mol. The predicted octanol–water partition coefficient (Wildman–Crippen LogP) is 2.62. The summed E-state index contributed by atoms with van der Waals surface area (Å²) in [5.41, 5.74) is 2.47. The summed E-state index contributed by atoms with van der Waals surface area (Å²) in [5, 5.41) is 0. The molecule has 1 heterocycles. The van der Waals surface area contributed by atoms with E-state index in [9.17, 15) is 0 Å². The molecular weight excluding hydrogens is 142 g/mol. The third-order valence-electron chi connectivity index (χ3n) is 1.56. The predicted molar refractivity (Wildman–Crippen MR) is 45.7 cm³/mol. The van der Waals surface area contributed by atoms with Gasteiger partial charge in [-0.1, -0.05) is 25.2 Å². The Morgan fingerprint density at radius 2 is 2.30 bits per heavy atom. The highest BCUT2D eigenvalue weighted by molar-refractivity contribution is 7.71. The molecule has 1 nitrogen and oxygen atoms in total. The van der Waals surface area contributed by atoms with E-state index in [1.165, 1.54) is 5.56 Å². The fourth-order valence-corrected chi connectivity index (χ4v) is 0.979. The van der Waals surface area contributed by atoms with Gasteiger partial charge in [-0.05, 0) is 24.5 Å². The van der Waals surface area contributed by atoms with Crippen molar-refractivity contribution in [2.75, 3.05) is 0 Å². The molecule has 0 amide bonds. The Labute approximate surface area is 66.1 Å². The first kappa shape index (κ1) is 7.48. The zero-order valence-corrected chi connectivity index (χ0v) is 7.09. The van der Waals surface area contributed by atoms with E-state index < -0.39 is 0 Å². The molecule has 0 aromatic carbocycles. The van der Waals surface area contributed by atoms with Crippen LogP contribution in [0, 0.1) is 11.6 Å². The first-order valence-electron chi connectivity index (χ1n) is 3.42. The van der Waals surface area contributed by atoms with Crippen molar-refractivity contribution in [3.8, 4) is 0 Å². The summed E-state index contributed by atoms with van der Waals surface area (Å²) < 4.78 is 0.845. The molecule has 0 radical (unpaired) electrons. The minimum Gasteiger partial charge on any atom is -0.352 e. The van der Waals surface area contributed by atoms with Gasteiger partial charge >= 0.3 is 0 Å². The Kier molecular flexibility index (Phi) is 2.22. The molecule has 1 N–H and O–H groups in total. The Bertz CT molecular complexity index is 275. The Morgan fingerprint density at radius 3 is 2.80 bits per heavy atom. The fraction of sp³-hybridized carbons (Fsp3) is 0.375. The summed E-state index contributed by atoms with van der Waals surface area (Å²) in [6, 6.07) is 2.12. The quantitative estimate of drug-likeness (QED) is 0.613. The average Bonchev–Trinajstić information content (AvgIpc) is 1.95. The van der Waals surface area contributed by atoms with Crippen LogP contribution in [0.25, 0.3) is 0 Å². The largest absolute Gasteiger partial charge is 0.352 e. The molecule has 0 aliphatic carbocycles. The lowest BCUT2D eigenvalue weighted by Crippen LogP contribution is -1.85. The summed E-state index contributed by atoms with van der Waals surface area (Å²) >= 11 is 5.01. The lowest BCUT2D eigenvalue weighted by molar-refractivity contribution is 1.08. The van der Waals surface area contributed by atoms with Crippen LogP contribution in [0.4, 0.5) is 0 Å². The van der Waals surface area contributed by atoms with E-state index >= 15 is 0 Å². The van der Waals surface area contributed by atoms with Gasteiger partial charge in [-0.3, -0.25) is 0 Å². The summed E-state index contributed by atoms with van der Waals surface area (Å²) in [6.45, 7) is 4.16. The normalized spacial score (nSPS) is 9.80. The standard InChI is InChI=1S/C8H11NS/c1-3-7-4-6(2)8(10)9-5-7/h4-5H,3H2,1-2H3,(H,9,10). The van der Waals surface area contributed by atoms with Crippen molar-refractivity contribution in [3.05, 3.63) is 28.0 Å². The number of rotatable bonds is 1. The van der Waals surface area contributed by atoms with Gasteiger partial charge in [0, 0.05) is 6.20 Å². The van der Waals surface area contributed by atoms with Crippen molar-refractivity contribution in [1.82, 2.24) is 4.98 Å². The van der Waals surface area contributed by atoms with Crippen molar-refractivity contribution < 1.29 is 0 Å². The van der Waals surface area contributed by atoms with Crippen LogP contribution in [0.3, 0.4) is 0 Å². The number of aryl methyl sites for hydroxylation is 2. The van der Waals surface area contributed by atoms with Crippen LogP contribution < -0.4 is 0 Å². The second-order valence-corrected chi connectivity index (χ2v) is 2.78. The molecule has 0 saturated heterocycles. The van der Waals surface area contributed by atoms with E-state index in [1.807, 2.05) is 13.1 Å². The van der Waals surface area contributed by atoms with Crippen LogP contribution in [0.2, 0.25) is 0 Å². The molecule has 0 atom stereocenters. The zero-order chi connectivity index (χ0) is 7.56. The van der Waals surface area contributed by atoms with E-state index in [0.29, 0.717) is 0 Å². The molecule has 54 valence electrons. The number of hydrogen-bond acceptors (Lipinski definition) is 1. The molecule has 1 aromatic rings. The second kappa shape index (κ2) is 2.97. The maximum atomic E-state index is 5.01. The van der Waals surface area contributed by atoms with Gasteiger partial charge in [0.25, 0.3) is 0 Å². The van der Waals surface area contributed by atoms with Crippen LogP contribution in [-0.4, -0.2) is 4.98 Å². The maximum Gasteiger partial charge on any atom is 0.106 e. The third-order valence-corrected chi connectivity index (χ3v) is 2.00. The van der Waals surface area contributed by atoms with Crippen LogP contribution in [-0.2, 0) is 6.42 Å². The molecule has 0 saturated carbocycles. The number of nitrogens with one attached hydrogen (secondary N) is 1. The van der Waals surface area contributed by atoms with Crippen molar-refractivity contribution in [2.45, 2.75) is 20.3 Å².